The van der Waals surface area contributed by atoms with Crippen molar-refractivity contribution >= 4 is 11.7 Å². The molecule has 0 saturated carbocycles. The van der Waals surface area contributed by atoms with Gasteiger partial charge in [-0.3, -0.25) is 9.36 Å². The van der Waals surface area contributed by atoms with E-state index in [-0.39, 0.29) is 11.5 Å². The molecule has 0 N–H and O–H groups in total. The van der Waals surface area contributed by atoms with E-state index in [9.17, 15) is 18.0 Å². The van der Waals surface area contributed by atoms with E-state index in [2.05, 4.69) is 15.0 Å². The Kier molecular flexibility index (Phi) is 4.91. The molecule has 0 spiro atoms. The highest BCUT2D eigenvalue weighted by Gasteiger charge is 2.30. The average Bonchev–Trinajstić information content (AvgIpc) is 3.28. The highest BCUT2D eigenvalue weighted by molar-refractivity contribution is 5.94. The third kappa shape index (κ3) is 4.05. The fraction of sp³-hybridized carbons (Fsp3) is 0.263. The summed E-state index contributed by atoms with van der Waals surface area (Å²) < 4.78 is 39.8. The number of benzene rings is 1. The van der Waals surface area contributed by atoms with Crippen LogP contribution >= 0.6 is 0 Å². The number of carbonyl (C=O) groups is 1. The lowest BCUT2D eigenvalue weighted by Gasteiger charge is -2.35. The summed E-state index contributed by atoms with van der Waals surface area (Å²) >= 11 is 0. The SMILES string of the molecule is O=C(c1ccc(C(F)(F)F)cc1)N1CCN(c2cc(-n3ccnc3)ncn2)CC1. The first-order valence-electron chi connectivity index (χ1n) is 8.94. The summed E-state index contributed by atoms with van der Waals surface area (Å²) in [5, 5.41) is 0. The number of amides is 1. The molecule has 1 amide bonds. The fourth-order valence-electron chi connectivity index (χ4n) is 3.17. The van der Waals surface area contributed by atoms with Crippen LogP contribution in [-0.2, 0) is 6.18 Å². The van der Waals surface area contributed by atoms with Crippen LogP contribution in [0.2, 0.25) is 0 Å². The van der Waals surface area contributed by atoms with Gasteiger partial charge in [0.25, 0.3) is 5.91 Å². The Morgan fingerprint density at radius 1 is 0.966 bits per heavy atom. The maximum Gasteiger partial charge on any atom is 0.416 e. The molecule has 10 heteroatoms. The molecule has 2 aromatic heterocycles. The van der Waals surface area contributed by atoms with Gasteiger partial charge in [0, 0.05) is 50.2 Å². The molecule has 150 valence electrons. The van der Waals surface area contributed by atoms with E-state index >= 15 is 0 Å². The van der Waals surface area contributed by atoms with Crippen LogP contribution in [0, 0.1) is 0 Å². The molecule has 7 nitrogen and oxygen atoms in total. The predicted octanol–water partition coefficient (Wildman–Crippen LogP) is 2.64. The Labute approximate surface area is 164 Å². The van der Waals surface area contributed by atoms with Crippen molar-refractivity contribution in [2.45, 2.75) is 6.18 Å². The second-order valence-electron chi connectivity index (χ2n) is 6.56. The molecule has 1 saturated heterocycles. The predicted molar refractivity (Wildman–Crippen MR) is 98.7 cm³/mol. The largest absolute Gasteiger partial charge is 0.416 e. The molecule has 0 radical (unpaired) electrons. The number of piperazine rings is 1. The van der Waals surface area contributed by atoms with Crippen molar-refractivity contribution < 1.29 is 18.0 Å². The molecular formula is C19H17F3N6O. The number of nitrogens with zero attached hydrogens (tertiary/aromatic N) is 6. The van der Waals surface area contributed by atoms with Crippen molar-refractivity contribution in [1.82, 2.24) is 24.4 Å². The molecule has 1 fully saturated rings. The number of anilines is 1. The number of aromatic nitrogens is 4. The highest BCUT2D eigenvalue weighted by Crippen LogP contribution is 2.29. The monoisotopic (exact) mass is 402 g/mol. The Morgan fingerprint density at radius 2 is 1.66 bits per heavy atom. The first kappa shape index (κ1) is 18.9. The highest BCUT2D eigenvalue weighted by atomic mass is 19.4. The molecule has 3 aromatic rings. The maximum absolute atomic E-state index is 12.7. The van der Waals surface area contributed by atoms with E-state index < -0.39 is 11.7 Å². The van der Waals surface area contributed by atoms with Gasteiger partial charge in [0.1, 0.15) is 24.3 Å². The number of rotatable bonds is 3. The molecular weight excluding hydrogens is 385 g/mol. The Bertz CT molecular complexity index is 980. The minimum Gasteiger partial charge on any atom is -0.353 e. The Morgan fingerprint density at radius 3 is 2.28 bits per heavy atom. The lowest BCUT2D eigenvalue weighted by Crippen LogP contribution is -2.49. The minimum absolute atomic E-state index is 0.246. The smallest absolute Gasteiger partial charge is 0.353 e. The quantitative estimate of drug-likeness (QED) is 0.674. The van der Waals surface area contributed by atoms with E-state index in [1.165, 1.54) is 18.5 Å². The summed E-state index contributed by atoms with van der Waals surface area (Å²) in [6, 6.07) is 6.15. The number of imidazole rings is 1. The third-order valence-corrected chi connectivity index (χ3v) is 4.76. The van der Waals surface area contributed by atoms with Gasteiger partial charge in [0.15, 0.2) is 0 Å². The number of halogens is 3. The van der Waals surface area contributed by atoms with E-state index in [0.717, 1.165) is 18.0 Å². The van der Waals surface area contributed by atoms with Gasteiger partial charge in [-0.15, -0.1) is 0 Å². The Hall–Kier alpha value is -3.43. The number of hydrogen-bond donors (Lipinski definition) is 0. The van der Waals surface area contributed by atoms with Crippen molar-refractivity contribution in [2.75, 3.05) is 31.1 Å². The van der Waals surface area contributed by atoms with Crippen LogP contribution in [0.5, 0.6) is 0 Å². The number of alkyl halides is 3. The molecule has 1 aliphatic heterocycles. The van der Waals surface area contributed by atoms with Gasteiger partial charge in [-0.25, -0.2) is 15.0 Å². The summed E-state index contributed by atoms with van der Waals surface area (Å²) in [6.45, 7) is 2.02. The van der Waals surface area contributed by atoms with E-state index in [1.807, 2.05) is 11.0 Å². The minimum atomic E-state index is -4.42. The summed E-state index contributed by atoms with van der Waals surface area (Å²) in [5.74, 6) is 1.15. The van der Waals surface area contributed by atoms with E-state index in [1.54, 1.807) is 28.2 Å². The molecule has 1 aromatic carbocycles. The van der Waals surface area contributed by atoms with Crippen molar-refractivity contribution in [3.05, 3.63) is 66.5 Å². The van der Waals surface area contributed by atoms with Crippen LogP contribution in [0.4, 0.5) is 19.0 Å². The zero-order valence-corrected chi connectivity index (χ0v) is 15.3. The van der Waals surface area contributed by atoms with E-state index in [4.69, 9.17) is 0 Å². The molecule has 1 aliphatic rings. The standard InChI is InChI=1S/C19H17F3N6O/c20-19(21,22)15-3-1-14(2-4-15)18(29)27-9-7-26(8-10-27)16-11-17(25-12-24-16)28-6-5-23-13-28/h1-6,11-13H,7-10H2. The fourth-order valence-corrected chi connectivity index (χ4v) is 3.17. The molecule has 0 atom stereocenters. The first-order valence-corrected chi connectivity index (χ1v) is 8.94. The maximum atomic E-state index is 12.7. The molecule has 0 aliphatic carbocycles. The van der Waals surface area contributed by atoms with Crippen molar-refractivity contribution in [3.63, 3.8) is 0 Å². The number of carbonyl (C=O) groups excluding carboxylic acids is 1. The zero-order valence-electron chi connectivity index (χ0n) is 15.3. The molecule has 0 bridgehead atoms. The Balaban J connectivity index is 1.40. The van der Waals surface area contributed by atoms with Gasteiger partial charge in [-0.05, 0) is 24.3 Å². The summed E-state index contributed by atoms with van der Waals surface area (Å²) in [5.41, 5.74) is -0.521. The van der Waals surface area contributed by atoms with Crippen LogP contribution < -0.4 is 4.90 Å². The van der Waals surface area contributed by atoms with Gasteiger partial charge < -0.3 is 9.80 Å². The van der Waals surface area contributed by atoms with Gasteiger partial charge in [0.05, 0.1) is 5.56 Å². The molecule has 0 unspecified atom stereocenters. The number of hydrogen-bond acceptors (Lipinski definition) is 5. The second-order valence-corrected chi connectivity index (χ2v) is 6.56. The van der Waals surface area contributed by atoms with Crippen LogP contribution in [0.25, 0.3) is 5.82 Å². The normalized spacial score (nSPS) is 14.9. The molecule has 29 heavy (non-hydrogen) atoms. The van der Waals surface area contributed by atoms with Gasteiger partial charge in [-0.1, -0.05) is 0 Å². The average molecular weight is 402 g/mol. The summed E-state index contributed by atoms with van der Waals surface area (Å²) in [6.07, 6.45) is 2.15. The van der Waals surface area contributed by atoms with Crippen LogP contribution in [0.3, 0.4) is 0 Å². The van der Waals surface area contributed by atoms with Gasteiger partial charge >= 0.3 is 6.18 Å². The zero-order chi connectivity index (χ0) is 20.4. The lowest BCUT2D eigenvalue weighted by atomic mass is 10.1. The molecule has 4 rings (SSSR count). The van der Waals surface area contributed by atoms with Crippen molar-refractivity contribution in [1.29, 1.82) is 0 Å². The van der Waals surface area contributed by atoms with Crippen molar-refractivity contribution in [2.24, 2.45) is 0 Å². The van der Waals surface area contributed by atoms with E-state index in [0.29, 0.717) is 32.0 Å². The summed E-state index contributed by atoms with van der Waals surface area (Å²) in [7, 11) is 0. The van der Waals surface area contributed by atoms with Crippen LogP contribution in [0.1, 0.15) is 15.9 Å². The van der Waals surface area contributed by atoms with Crippen LogP contribution in [0.15, 0.2) is 55.4 Å². The third-order valence-electron chi connectivity index (χ3n) is 4.76. The summed E-state index contributed by atoms with van der Waals surface area (Å²) in [4.78, 5) is 28.8. The van der Waals surface area contributed by atoms with Gasteiger partial charge in [0.2, 0.25) is 0 Å². The van der Waals surface area contributed by atoms with Gasteiger partial charge in [-0.2, -0.15) is 13.2 Å². The molecule has 3 heterocycles. The lowest BCUT2D eigenvalue weighted by molar-refractivity contribution is -0.137. The second kappa shape index (κ2) is 7.53. The first-order chi connectivity index (χ1) is 13.9. The van der Waals surface area contributed by atoms with Crippen molar-refractivity contribution in [3.8, 4) is 5.82 Å². The topological polar surface area (TPSA) is 67.2 Å². The van der Waals surface area contributed by atoms with Crippen LogP contribution in [-0.4, -0.2) is 56.5 Å².